The molecule has 3 fully saturated rings. The van der Waals surface area contributed by atoms with Gasteiger partial charge in [0.05, 0.1) is 0 Å². The Morgan fingerprint density at radius 1 is 0.407 bits per heavy atom. The lowest BCUT2D eigenvalue weighted by Gasteiger charge is -2.35. The van der Waals surface area contributed by atoms with Gasteiger partial charge in [0.15, 0.2) is 0 Å². The predicted molar refractivity (Wildman–Crippen MR) is 224 cm³/mol. The Labute approximate surface area is 336 Å². The Kier molecular flexibility index (Phi) is 15.9. The molecule has 2 aromatic carbocycles. The molecule has 3 saturated heterocycles. The standard InChI is InChI=1S/C24H30N8.C8H8Br2.C8H12N4/c1-7-25-23(26-8-1)31-15-11-29(12-16-31)19-21-3-5-22(6-4-21)20-30-13-17-32(18-14-30)24-27-9-2-10-28-24;9-5-7-1-2-8(6-10)4-3-7;1-2-10-8(11-3-1)12-6-4-9-5-7-12/h1-10H,11-20H2;1-4H,5-6H2;1-3,9H,4-7H2. The molecule has 5 aromatic rings. The largest absolute Gasteiger partial charge is 0.338 e. The third kappa shape index (κ3) is 12.5. The average molecular weight is 859 g/mol. The smallest absolute Gasteiger partial charge is 0.225 e. The van der Waals surface area contributed by atoms with Crippen LogP contribution < -0.4 is 20.0 Å². The van der Waals surface area contributed by atoms with E-state index in [4.69, 9.17) is 0 Å². The summed E-state index contributed by atoms with van der Waals surface area (Å²) in [7, 11) is 0. The molecule has 0 aliphatic carbocycles. The summed E-state index contributed by atoms with van der Waals surface area (Å²) < 4.78 is 0. The van der Waals surface area contributed by atoms with E-state index in [0.29, 0.717) is 0 Å². The van der Waals surface area contributed by atoms with Gasteiger partial charge in [-0.3, -0.25) is 9.80 Å². The summed E-state index contributed by atoms with van der Waals surface area (Å²) >= 11 is 6.78. The van der Waals surface area contributed by atoms with Crippen LogP contribution in [0.4, 0.5) is 17.8 Å². The van der Waals surface area contributed by atoms with Crippen molar-refractivity contribution in [3.63, 3.8) is 0 Å². The van der Waals surface area contributed by atoms with Crippen LogP contribution in [0.3, 0.4) is 0 Å². The molecule has 3 aliphatic rings. The Bertz CT molecular complexity index is 1630. The van der Waals surface area contributed by atoms with Crippen molar-refractivity contribution < 1.29 is 0 Å². The highest BCUT2D eigenvalue weighted by atomic mass is 79.9. The average Bonchev–Trinajstić information content (AvgIpc) is 3.26. The van der Waals surface area contributed by atoms with Crippen molar-refractivity contribution in [1.29, 1.82) is 0 Å². The number of halogens is 2. The van der Waals surface area contributed by atoms with Crippen molar-refractivity contribution in [2.45, 2.75) is 23.7 Å². The lowest BCUT2D eigenvalue weighted by molar-refractivity contribution is 0.246. The zero-order valence-electron chi connectivity index (χ0n) is 30.8. The number of nitrogens with one attached hydrogen (secondary N) is 1. The zero-order chi connectivity index (χ0) is 37.2. The number of aromatic nitrogens is 6. The number of hydrogen-bond donors (Lipinski definition) is 1. The number of anilines is 3. The molecule has 6 heterocycles. The molecule has 0 radical (unpaired) electrons. The number of piperazine rings is 3. The van der Waals surface area contributed by atoms with E-state index in [-0.39, 0.29) is 0 Å². The van der Waals surface area contributed by atoms with Crippen molar-refractivity contribution in [1.82, 2.24) is 45.0 Å². The number of alkyl halides is 2. The van der Waals surface area contributed by atoms with Gasteiger partial charge in [-0.25, -0.2) is 29.9 Å². The fraction of sp³-hybridized carbons (Fsp3) is 0.400. The highest BCUT2D eigenvalue weighted by Crippen LogP contribution is 2.16. The van der Waals surface area contributed by atoms with E-state index >= 15 is 0 Å². The van der Waals surface area contributed by atoms with Crippen LogP contribution >= 0.6 is 31.9 Å². The minimum absolute atomic E-state index is 0.841. The van der Waals surface area contributed by atoms with E-state index in [1.165, 1.54) is 22.3 Å². The zero-order valence-corrected chi connectivity index (χ0v) is 34.0. The van der Waals surface area contributed by atoms with Gasteiger partial charge in [0, 0.05) is 139 Å². The molecule has 3 aliphatic heterocycles. The summed E-state index contributed by atoms with van der Waals surface area (Å²) in [6, 6.07) is 23.2. The van der Waals surface area contributed by atoms with Crippen LogP contribution in [0.2, 0.25) is 0 Å². The monoisotopic (exact) mass is 856 g/mol. The SMILES string of the molecule is BrCc1ccc(CBr)cc1.c1cnc(N2CCN(Cc3ccc(CN4CCN(c5ncccn5)CC4)cc3)CC2)nc1.c1cnc(N2CCNCC2)nc1. The van der Waals surface area contributed by atoms with Gasteiger partial charge in [0.2, 0.25) is 17.8 Å². The normalized spacial score (nSPS) is 16.5. The van der Waals surface area contributed by atoms with Crippen LogP contribution in [-0.2, 0) is 23.7 Å². The first-order valence-electron chi connectivity index (χ1n) is 18.7. The van der Waals surface area contributed by atoms with E-state index in [1.807, 2.05) is 43.0 Å². The Hall–Kier alpha value is -4.08. The minimum atomic E-state index is 0.841. The first kappa shape index (κ1) is 39.6. The second-order valence-corrected chi connectivity index (χ2v) is 14.4. The second kappa shape index (κ2) is 21.7. The number of hydrogen-bond acceptors (Lipinski definition) is 12. The lowest BCUT2D eigenvalue weighted by Crippen LogP contribution is -2.46. The van der Waals surface area contributed by atoms with E-state index in [1.54, 1.807) is 12.4 Å². The first-order chi connectivity index (χ1) is 26.7. The van der Waals surface area contributed by atoms with E-state index in [9.17, 15) is 0 Å². The molecule has 0 amide bonds. The lowest BCUT2D eigenvalue weighted by atomic mass is 10.1. The van der Waals surface area contributed by atoms with Crippen LogP contribution in [0.25, 0.3) is 0 Å². The summed E-state index contributed by atoms with van der Waals surface area (Å²) in [4.78, 5) is 37.6. The number of benzene rings is 2. The topological polar surface area (TPSA) is 106 Å². The molecule has 0 bridgehead atoms. The third-order valence-electron chi connectivity index (χ3n) is 9.53. The van der Waals surface area contributed by atoms with Gasteiger partial charge < -0.3 is 20.0 Å². The molecule has 284 valence electrons. The fourth-order valence-electron chi connectivity index (χ4n) is 6.42. The van der Waals surface area contributed by atoms with Crippen molar-refractivity contribution in [2.75, 3.05) is 93.2 Å². The maximum atomic E-state index is 4.37. The van der Waals surface area contributed by atoms with Crippen LogP contribution in [0, 0.1) is 0 Å². The van der Waals surface area contributed by atoms with E-state index in [2.05, 4.69) is 140 Å². The highest BCUT2D eigenvalue weighted by molar-refractivity contribution is 9.08. The molecular formula is C40H50Br2N12. The number of rotatable bonds is 9. The van der Waals surface area contributed by atoms with Gasteiger partial charge in [-0.1, -0.05) is 80.4 Å². The number of nitrogens with zero attached hydrogens (tertiary/aromatic N) is 11. The molecule has 0 saturated carbocycles. The Balaban J connectivity index is 0.000000183. The molecule has 0 spiro atoms. The summed E-state index contributed by atoms with van der Waals surface area (Å²) in [5.41, 5.74) is 5.41. The van der Waals surface area contributed by atoms with Crippen molar-refractivity contribution in [3.8, 4) is 0 Å². The van der Waals surface area contributed by atoms with Gasteiger partial charge in [0.25, 0.3) is 0 Å². The molecule has 8 rings (SSSR count). The summed E-state index contributed by atoms with van der Waals surface area (Å²) in [5.74, 6) is 2.53. The van der Waals surface area contributed by atoms with E-state index < -0.39 is 0 Å². The van der Waals surface area contributed by atoms with Crippen LogP contribution in [0.15, 0.2) is 104 Å². The van der Waals surface area contributed by atoms with Crippen molar-refractivity contribution in [3.05, 3.63) is 126 Å². The quantitative estimate of drug-likeness (QED) is 0.195. The molecule has 14 heteroatoms. The Morgan fingerprint density at radius 3 is 1.02 bits per heavy atom. The molecule has 0 atom stereocenters. The van der Waals surface area contributed by atoms with Crippen LogP contribution in [-0.4, -0.2) is 118 Å². The molecule has 3 aromatic heterocycles. The fourth-order valence-corrected chi connectivity index (χ4v) is 7.17. The van der Waals surface area contributed by atoms with Gasteiger partial charge in [-0.2, -0.15) is 0 Å². The van der Waals surface area contributed by atoms with E-state index in [0.717, 1.165) is 120 Å². The minimum Gasteiger partial charge on any atom is -0.338 e. The summed E-state index contributed by atoms with van der Waals surface area (Å²) in [6.45, 7) is 14.1. The Morgan fingerprint density at radius 2 is 0.704 bits per heavy atom. The van der Waals surface area contributed by atoms with Gasteiger partial charge in [-0.05, 0) is 40.5 Å². The summed E-state index contributed by atoms with van der Waals surface area (Å²) in [6.07, 6.45) is 10.8. The van der Waals surface area contributed by atoms with Crippen LogP contribution in [0.5, 0.6) is 0 Å². The summed E-state index contributed by atoms with van der Waals surface area (Å²) in [5, 5.41) is 5.17. The maximum Gasteiger partial charge on any atom is 0.225 e. The van der Waals surface area contributed by atoms with Gasteiger partial charge >= 0.3 is 0 Å². The molecule has 12 nitrogen and oxygen atoms in total. The van der Waals surface area contributed by atoms with Crippen molar-refractivity contribution in [2.24, 2.45) is 0 Å². The third-order valence-corrected chi connectivity index (χ3v) is 10.8. The molecule has 54 heavy (non-hydrogen) atoms. The first-order valence-corrected chi connectivity index (χ1v) is 20.9. The maximum absolute atomic E-state index is 4.37. The predicted octanol–water partition coefficient (Wildman–Crippen LogP) is 5.27. The highest BCUT2D eigenvalue weighted by Gasteiger charge is 2.20. The van der Waals surface area contributed by atoms with Crippen molar-refractivity contribution >= 4 is 49.7 Å². The second-order valence-electron chi connectivity index (χ2n) is 13.3. The van der Waals surface area contributed by atoms with Gasteiger partial charge in [-0.15, -0.1) is 0 Å². The molecule has 0 unspecified atom stereocenters. The van der Waals surface area contributed by atoms with Crippen LogP contribution in [0.1, 0.15) is 22.3 Å². The molecular weight excluding hydrogens is 808 g/mol. The van der Waals surface area contributed by atoms with Gasteiger partial charge in [0.1, 0.15) is 0 Å². The molecule has 1 N–H and O–H groups in total.